The first kappa shape index (κ1) is 18.0. The molecule has 0 aromatic heterocycles. The average molecular weight is 335 g/mol. The first-order valence-electron chi connectivity index (χ1n) is 10.3. The molecule has 0 spiro atoms. The summed E-state index contributed by atoms with van der Waals surface area (Å²) in [5.41, 5.74) is 3.66. The van der Waals surface area contributed by atoms with Gasteiger partial charge in [-0.1, -0.05) is 51.2 Å². The van der Waals surface area contributed by atoms with E-state index in [9.17, 15) is 10.5 Å². The Kier molecular flexibility index (Phi) is 6.14. The lowest BCUT2D eigenvalue weighted by molar-refractivity contribution is 0.308. The zero-order valence-corrected chi connectivity index (χ0v) is 15.6. The third kappa shape index (κ3) is 3.90. The van der Waals surface area contributed by atoms with Gasteiger partial charge in [0.15, 0.2) is 0 Å². The summed E-state index contributed by atoms with van der Waals surface area (Å²) in [6, 6.07) is 9.18. The molecule has 2 saturated carbocycles. The summed E-state index contributed by atoms with van der Waals surface area (Å²) in [7, 11) is 0. The van der Waals surface area contributed by atoms with Crippen molar-refractivity contribution in [3.63, 3.8) is 0 Å². The number of nitrogens with zero attached hydrogens (tertiary/aromatic N) is 2. The fourth-order valence-electron chi connectivity index (χ4n) is 5.14. The van der Waals surface area contributed by atoms with Crippen molar-refractivity contribution in [2.75, 3.05) is 0 Å². The Balaban J connectivity index is 1.86. The first-order valence-corrected chi connectivity index (χ1v) is 10.3. The lowest BCUT2D eigenvalue weighted by Gasteiger charge is -2.30. The molecule has 2 fully saturated rings. The lowest BCUT2D eigenvalue weighted by atomic mass is 9.74. The summed E-state index contributed by atoms with van der Waals surface area (Å²) in [6.07, 6.45) is 13.6. The van der Waals surface area contributed by atoms with E-state index < -0.39 is 0 Å². The van der Waals surface area contributed by atoms with Crippen LogP contribution in [0.1, 0.15) is 112 Å². The van der Waals surface area contributed by atoms with Crippen LogP contribution in [0.5, 0.6) is 0 Å². The molecule has 3 rings (SSSR count). The van der Waals surface area contributed by atoms with Gasteiger partial charge in [0, 0.05) is 0 Å². The Morgan fingerprint density at radius 1 is 0.800 bits per heavy atom. The van der Waals surface area contributed by atoms with Crippen LogP contribution in [-0.4, -0.2) is 0 Å². The molecule has 0 heterocycles. The molecule has 2 aliphatic rings. The van der Waals surface area contributed by atoms with Gasteiger partial charge in [0.2, 0.25) is 0 Å². The van der Waals surface area contributed by atoms with Crippen LogP contribution in [0, 0.1) is 28.6 Å². The van der Waals surface area contributed by atoms with Crippen LogP contribution in [-0.2, 0) is 0 Å². The molecule has 1 aromatic rings. The minimum absolute atomic E-state index is 0.468. The maximum Gasteiger partial charge on any atom is 0.101 e. The Bertz CT molecular complexity index is 663. The lowest BCUT2D eigenvalue weighted by Crippen LogP contribution is -2.15. The molecular weight excluding hydrogens is 304 g/mol. The molecule has 0 N–H and O–H groups in total. The molecule has 0 unspecified atom stereocenters. The molecule has 0 aliphatic heterocycles. The van der Waals surface area contributed by atoms with Crippen molar-refractivity contribution in [3.05, 3.63) is 34.4 Å². The number of benzene rings is 1. The van der Waals surface area contributed by atoms with Crippen molar-refractivity contribution in [3.8, 4) is 12.1 Å². The van der Waals surface area contributed by atoms with Crippen molar-refractivity contribution in [2.24, 2.45) is 5.92 Å². The standard InChI is InChI=1S/C23H30N2/c1-2-6-17-9-11-19(12-10-17)21-14-13-20(18-7-4-3-5-8-18)22(15-24)23(21)16-25/h13-14,17-19H,2-12H2,1H3/t17-,19-. The molecule has 2 heteroatoms. The van der Waals surface area contributed by atoms with E-state index in [1.54, 1.807) is 0 Å². The smallest absolute Gasteiger partial charge is 0.101 e. The molecule has 25 heavy (non-hydrogen) atoms. The molecule has 0 amide bonds. The van der Waals surface area contributed by atoms with E-state index in [0.717, 1.165) is 17.0 Å². The zero-order valence-electron chi connectivity index (χ0n) is 15.6. The minimum atomic E-state index is 0.468. The number of rotatable bonds is 4. The summed E-state index contributed by atoms with van der Waals surface area (Å²) in [5, 5.41) is 19.6. The van der Waals surface area contributed by atoms with Gasteiger partial charge in [0.25, 0.3) is 0 Å². The van der Waals surface area contributed by atoms with Gasteiger partial charge >= 0.3 is 0 Å². The molecule has 0 atom stereocenters. The highest BCUT2D eigenvalue weighted by Gasteiger charge is 2.27. The van der Waals surface area contributed by atoms with Gasteiger partial charge in [-0.3, -0.25) is 0 Å². The van der Waals surface area contributed by atoms with Crippen LogP contribution in [0.4, 0.5) is 0 Å². The largest absolute Gasteiger partial charge is 0.192 e. The van der Waals surface area contributed by atoms with Gasteiger partial charge in [0.05, 0.1) is 11.1 Å². The van der Waals surface area contributed by atoms with E-state index in [4.69, 9.17) is 0 Å². The summed E-state index contributed by atoms with van der Waals surface area (Å²) >= 11 is 0. The maximum absolute atomic E-state index is 9.82. The third-order valence-electron chi connectivity index (χ3n) is 6.52. The molecule has 0 radical (unpaired) electrons. The van der Waals surface area contributed by atoms with E-state index >= 15 is 0 Å². The summed E-state index contributed by atoms with van der Waals surface area (Å²) in [6.45, 7) is 2.27. The molecular formula is C23H30N2. The Morgan fingerprint density at radius 3 is 1.80 bits per heavy atom. The van der Waals surface area contributed by atoms with Gasteiger partial charge in [-0.2, -0.15) is 10.5 Å². The fourth-order valence-corrected chi connectivity index (χ4v) is 5.14. The van der Waals surface area contributed by atoms with Crippen LogP contribution in [0.15, 0.2) is 12.1 Å². The second kappa shape index (κ2) is 8.53. The predicted molar refractivity (Wildman–Crippen MR) is 101 cm³/mol. The summed E-state index contributed by atoms with van der Waals surface area (Å²) in [4.78, 5) is 0. The third-order valence-corrected chi connectivity index (χ3v) is 6.52. The van der Waals surface area contributed by atoms with Crippen molar-refractivity contribution < 1.29 is 0 Å². The van der Waals surface area contributed by atoms with Crippen molar-refractivity contribution in [1.82, 2.24) is 0 Å². The monoisotopic (exact) mass is 334 g/mol. The maximum atomic E-state index is 9.82. The molecule has 132 valence electrons. The highest BCUT2D eigenvalue weighted by Crippen LogP contribution is 2.41. The molecule has 0 bridgehead atoms. The van der Waals surface area contributed by atoms with Crippen LogP contribution in [0.3, 0.4) is 0 Å². The van der Waals surface area contributed by atoms with Crippen LogP contribution >= 0.6 is 0 Å². The van der Waals surface area contributed by atoms with E-state index in [-0.39, 0.29) is 0 Å². The second-order valence-electron chi connectivity index (χ2n) is 8.06. The van der Waals surface area contributed by atoms with Gasteiger partial charge in [-0.25, -0.2) is 0 Å². The van der Waals surface area contributed by atoms with E-state index in [0.29, 0.717) is 23.0 Å². The Morgan fingerprint density at radius 2 is 1.32 bits per heavy atom. The average Bonchev–Trinajstić information content (AvgIpc) is 2.68. The van der Waals surface area contributed by atoms with Gasteiger partial charge < -0.3 is 0 Å². The van der Waals surface area contributed by atoms with Crippen molar-refractivity contribution >= 4 is 0 Å². The van der Waals surface area contributed by atoms with Crippen molar-refractivity contribution in [2.45, 2.75) is 89.4 Å². The first-order chi connectivity index (χ1) is 12.3. The number of hydrogen-bond acceptors (Lipinski definition) is 2. The number of nitriles is 2. The van der Waals surface area contributed by atoms with Crippen LogP contribution in [0.2, 0.25) is 0 Å². The second-order valence-corrected chi connectivity index (χ2v) is 8.06. The Labute approximate surface area is 152 Å². The van der Waals surface area contributed by atoms with Gasteiger partial charge in [-0.15, -0.1) is 0 Å². The highest BCUT2D eigenvalue weighted by molar-refractivity contribution is 5.56. The summed E-state index contributed by atoms with van der Waals surface area (Å²) < 4.78 is 0. The molecule has 2 aliphatic carbocycles. The van der Waals surface area contributed by atoms with Gasteiger partial charge in [0.1, 0.15) is 12.1 Å². The number of hydrogen-bond donors (Lipinski definition) is 0. The topological polar surface area (TPSA) is 47.6 Å². The summed E-state index contributed by atoms with van der Waals surface area (Å²) in [5.74, 6) is 1.81. The fraction of sp³-hybridized carbons (Fsp3) is 0.652. The molecule has 1 aromatic carbocycles. The van der Waals surface area contributed by atoms with E-state index in [1.165, 1.54) is 70.6 Å². The minimum Gasteiger partial charge on any atom is -0.192 e. The highest BCUT2D eigenvalue weighted by atomic mass is 14.4. The quantitative estimate of drug-likeness (QED) is 0.626. The Hall–Kier alpha value is -1.80. The van der Waals surface area contributed by atoms with Gasteiger partial charge in [-0.05, 0) is 67.4 Å². The molecule has 0 saturated heterocycles. The SMILES string of the molecule is CCC[C@H]1CC[C@H](c2ccc(C3CCCCC3)c(C#N)c2C#N)CC1. The van der Waals surface area contributed by atoms with Crippen molar-refractivity contribution in [1.29, 1.82) is 10.5 Å². The van der Waals surface area contributed by atoms with Crippen LogP contribution < -0.4 is 0 Å². The zero-order chi connectivity index (χ0) is 17.6. The normalized spacial score (nSPS) is 24.4. The molecule has 2 nitrogen and oxygen atoms in total. The van der Waals surface area contributed by atoms with E-state index in [1.807, 2.05) is 0 Å². The predicted octanol–water partition coefficient (Wildman–Crippen LogP) is 6.55. The van der Waals surface area contributed by atoms with Crippen LogP contribution in [0.25, 0.3) is 0 Å². The van der Waals surface area contributed by atoms with E-state index in [2.05, 4.69) is 31.2 Å².